The number of rotatable bonds is 16. The molecule has 0 bridgehead atoms. The van der Waals surface area contributed by atoms with Crippen LogP contribution in [0.25, 0.3) is 10.8 Å². The Morgan fingerprint density at radius 3 is 1.97 bits per heavy atom. The van der Waals surface area contributed by atoms with Crippen LogP contribution in [0.5, 0.6) is 5.75 Å². The molecular weight excluding hydrogens is 384 g/mol. The van der Waals surface area contributed by atoms with Crippen molar-refractivity contribution in [3.63, 3.8) is 0 Å². The van der Waals surface area contributed by atoms with Crippen LogP contribution >= 0.6 is 0 Å². The van der Waals surface area contributed by atoms with Crippen molar-refractivity contribution in [3.05, 3.63) is 42.0 Å². The van der Waals surface area contributed by atoms with Crippen LogP contribution in [0.2, 0.25) is 0 Å². The summed E-state index contributed by atoms with van der Waals surface area (Å²) in [5.41, 5.74) is 0.532. The molecule has 0 amide bonds. The average Bonchev–Trinajstić information content (AvgIpc) is 2.78. The zero-order valence-corrected chi connectivity index (χ0v) is 20.0. The van der Waals surface area contributed by atoms with E-state index >= 15 is 0 Å². The largest absolute Gasteiger partial charge is 0.496 e. The summed E-state index contributed by atoms with van der Waals surface area (Å²) in [5.74, 6) is 1.13. The smallest absolute Gasteiger partial charge is 0.342 e. The third-order valence-electron chi connectivity index (χ3n) is 5.97. The SMILES string of the molecule is COc1ccc2ccccc2c1C(=O)OCCCCCCCCCCCCCC(C)C. The van der Waals surface area contributed by atoms with Crippen molar-refractivity contribution in [1.82, 2.24) is 0 Å². The third-order valence-corrected chi connectivity index (χ3v) is 5.97. The summed E-state index contributed by atoms with van der Waals surface area (Å²) in [6, 6.07) is 11.7. The first-order chi connectivity index (χ1) is 15.1. The number of fused-ring (bicyclic) bond motifs is 1. The van der Waals surface area contributed by atoms with Gasteiger partial charge in [0.1, 0.15) is 11.3 Å². The number of methoxy groups -OCH3 is 1. The number of carbonyl (C=O) groups excluding carboxylic acids is 1. The van der Waals surface area contributed by atoms with Gasteiger partial charge in [-0.3, -0.25) is 0 Å². The van der Waals surface area contributed by atoms with Gasteiger partial charge in [0.05, 0.1) is 13.7 Å². The zero-order chi connectivity index (χ0) is 22.3. The molecule has 0 aliphatic carbocycles. The van der Waals surface area contributed by atoms with Crippen LogP contribution in [0.4, 0.5) is 0 Å². The fourth-order valence-corrected chi connectivity index (χ4v) is 4.11. The minimum atomic E-state index is -0.290. The van der Waals surface area contributed by atoms with E-state index in [1.807, 2.05) is 36.4 Å². The first kappa shape index (κ1) is 25.2. The van der Waals surface area contributed by atoms with Crippen LogP contribution in [0.1, 0.15) is 101 Å². The molecule has 2 rings (SSSR count). The lowest BCUT2D eigenvalue weighted by molar-refractivity contribution is 0.0496. The highest BCUT2D eigenvalue weighted by Gasteiger charge is 2.17. The average molecular weight is 427 g/mol. The van der Waals surface area contributed by atoms with Crippen molar-refractivity contribution in [2.45, 2.75) is 90.9 Å². The molecule has 0 aliphatic rings. The van der Waals surface area contributed by atoms with Gasteiger partial charge in [0.2, 0.25) is 0 Å². The standard InChI is InChI=1S/C28H42O3/c1-23(2)17-13-11-9-7-5-4-6-8-10-12-16-22-31-28(29)27-25-19-15-14-18-24(25)20-21-26(27)30-3/h14-15,18-21,23H,4-13,16-17,22H2,1-3H3. The highest BCUT2D eigenvalue weighted by atomic mass is 16.5. The zero-order valence-electron chi connectivity index (χ0n) is 20.0. The summed E-state index contributed by atoms with van der Waals surface area (Å²) < 4.78 is 11.0. The third kappa shape index (κ3) is 9.33. The molecule has 0 N–H and O–H groups in total. The van der Waals surface area contributed by atoms with E-state index in [4.69, 9.17) is 9.47 Å². The summed E-state index contributed by atoms with van der Waals surface area (Å²) in [5, 5.41) is 1.90. The summed E-state index contributed by atoms with van der Waals surface area (Å²) in [7, 11) is 1.59. The van der Waals surface area contributed by atoms with Gasteiger partial charge in [0.15, 0.2) is 0 Å². The van der Waals surface area contributed by atoms with Crippen LogP contribution in [-0.2, 0) is 4.74 Å². The minimum Gasteiger partial charge on any atom is -0.496 e. The Kier molecular flexibility index (Phi) is 12.1. The fourth-order valence-electron chi connectivity index (χ4n) is 4.11. The summed E-state index contributed by atoms with van der Waals surface area (Å²) in [6.07, 6.45) is 15.6. The highest BCUT2D eigenvalue weighted by Crippen LogP contribution is 2.28. The van der Waals surface area contributed by atoms with E-state index in [2.05, 4.69) is 13.8 Å². The van der Waals surface area contributed by atoms with Gasteiger partial charge in [0.25, 0.3) is 0 Å². The molecule has 0 unspecified atom stereocenters. The lowest BCUT2D eigenvalue weighted by atomic mass is 10.0. The van der Waals surface area contributed by atoms with E-state index in [0.717, 1.165) is 29.5 Å². The number of unbranched alkanes of at least 4 members (excludes halogenated alkanes) is 10. The molecule has 0 saturated heterocycles. The molecule has 0 saturated carbocycles. The quantitative estimate of drug-likeness (QED) is 0.200. The van der Waals surface area contributed by atoms with Crippen molar-refractivity contribution < 1.29 is 14.3 Å². The Hall–Kier alpha value is -2.03. The number of hydrogen-bond acceptors (Lipinski definition) is 3. The fraction of sp³-hybridized carbons (Fsp3) is 0.607. The van der Waals surface area contributed by atoms with Gasteiger partial charge in [-0.1, -0.05) is 115 Å². The van der Waals surface area contributed by atoms with Crippen LogP contribution in [0.3, 0.4) is 0 Å². The lowest BCUT2D eigenvalue weighted by Gasteiger charge is -2.12. The maximum atomic E-state index is 12.7. The maximum Gasteiger partial charge on any atom is 0.342 e. The van der Waals surface area contributed by atoms with E-state index in [1.54, 1.807) is 7.11 Å². The first-order valence-electron chi connectivity index (χ1n) is 12.4. The molecule has 2 aromatic carbocycles. The maximum absolute atomic E-state index is 12.7. The van der Waals surface area contributed by atoms with Crippen molar-refractivity contribution in [2.75, 3.05) is 13.7 Å². The second kappa shape index (κ2) is 14.9. The van der Waals surface area contributed by atoms with E-state index in [1.165, 1.54) is 64.2 Å². The number of carbonyl (C=O) groups is 1. The number of esters is 1. The Bertz CT molecular complexity index is 766. The van der Waals surface area contributed by atoms with Gasteiger partial charge in [-0.25, -0.2) is 4.79 Å². The van der Waals surface area contributed by atoms with Gasteiger partial charge in [-0.15, -0.1) is 0 Å². The molecular formula is C28H42O3. The molecule has 0 radical (unpaired) electrons. The minimum absolute atomic E-state index is 0.290. The van der Waals surface area contributed by atoms with Crippen molar-refractivity contribution >= 4 is 16.7 Å². The highest BCUT2D eigenvalue weighted by molar-refractivity contribution is 6.07. The predicted molar refractivity (Wildman–Crippen MR) is 131 cm³/mol. The van der Waals surface area contributed by atoms with Crippen LogP contribution < -0.4 is 4.74 Å². The van der Waals surface area contributed by atoms with Crippen molar-refractivity contribution in [3.8, 4) is 5.75 Å². The normalized spacial score (nSPS) is 11.2. The van der Waals surface area contributed by atoms with Gasteiger partial charge in [0, 0.05) is 0 Å². The van der Waals surface area contributed by atoms with E-state index < -0.39 is 0 Å². The van der Waals surface area contributed by atoms with Gasteiger partial charge in [-0.2, -0.15) is 0 Å². The number of ether oxygens (including phenoxy) is 2. The molecule has 172 valence electrons. The second-order valence-corrected chi connectivity index (χ2v) is 9.07. The summed E-state index contributed by atoms with van der Waals surface area (Å²) in [4.78, 5) is 12.7. The molecule has 0 atom stereocenters. The van der Waals surface area contributed by atoms with E-state index in [-0.39, 0.29) is 5.97 Å². The molecule has 31 heavy (non-hydrogen) atoms. The molecule has 0 heterocycles. The second-order valence-electron chi connectivity index (χ2n) is 9.07. The number of benzene rings is 2. The van der Waals surface area contributed by atoms with Crippen molar-refractivity contribution in [2.24, 2.45) is 5.92 Å². The Morgan fingerprint density at radius 2 is 1.35 bits per heavy atom. The van der Waals surface area contributed by atoms with Crippen molar-refractivity contribution in [1.29, 1.82) is 0 Å². The molecule has 0 spiro atoms. The molecule has 3 nitrogen and oxygen atoms in total. The monoisotopic (exact) mass is 426 g/mol. The molecule has 0 fully saturated rings. The van der Waals surface area contributed by atoms with Crippen LogP contribution in [0, 0.1) is 5.92 Å². The van der Waals surface area contributed by atoms with Crippen LogP contribution in [0.15, 0.2) is 36.4 Å². The lowest BCUT2D eigenvalue weighted by Crippen LogP contribution is -2.09. The predicted octanol–water partition coefficient (Wildman–Crippen LogP) is 8.34. The van der Waals surface area contributed by atoms with Gasteiger partial charge < -0.3 is 9.47 Å². The summed E-state index contributed by atoms with van der Waals surface area (Å²) in [6.45, 7) is 5.10. The Balaban J connectivity index is 1.54. The topological polar surface area (TPSA) is 35.5 Å². The van der Waals surface area contributed by atoms with Gasteiger partial charge in [-0.05, 0) is 29.2 Å². The molecule has 0 aromatic heterocycles. The van der Waals surface area contributed by atoms with E-state index in [0.29, 0.717) is 17.9 Å². The molecule has 2 aromatic rings. The van der Waals surface area contributed by atoms with E-state index in [9.17, 15) is 4.79 Å². The Morgan fingerprint density at radius 1 is 0.774 bits per heavy atom. The molecule has 0 aliphatic heterocycles. The molecule has 3 heteroatoms. The summed E-state index contributed by atoms with van der Waals surface area (Å²) >= 11 is 0. The van der Waals surface area contributed by atoms with Gasteiger partial charge >= 0.3 is 5.97 Å². The van der Waals surface area contributed by atoms with Crippen LogP contribution in [-0.4, -0.2) is 19.7 Å². The first-order valence-corrected chi connectivity index (χ1v) is 12.4. The Labute approximate surface area is 189 Å². The number of hydrogen-bond donors (Lipinski definition) is 0.